The first kappa shape index (κ1) is 40.3. The van der Waals surface area contributed by atoms with Gasteiger partial charge >= 0.3 is 6.85 Å². The minimum absolute atomic E-state index is 0. The van der Waals surface area contributed by atoms with Crippen molar-refractivity contribution >= 4 is 56.9 Å². The number of pyridine rings is 1. The minimum atomic E-state index is -0.0633. The molecule has 0 saturated carbocycles. The molecule has 0 spiro atoms. The van der Waals surface area contributed by atoms with Gasteiger partial charge in [-0.15, -0.1) is 48.1 Å². The molecule has 0 amide bonds. The molecule has 0 saturated heterocycles. The van der Waals surface area contributed by atoms with E-state index < -0.39 is 0 Å². The summed E-state index contributed by atoms with van der Waals surface area (Å²) in [6, 6.07) is 58.2. The largest absolute Gasteiger partial charge is 0.509 e. The second-order valence-corrected chi connectivity index (χ2v) is 17.1. The summed E-state index contributed by atoms with van der Waals surface area (Å²) in [5.74, 6) is 4.43. The third-order valence-corrected chi connectivity index (χ3v) is 12.0. The second-order valence-electron chi connectivity index (χ2n) is 17.1. The molecule has 6 aromatic carbocycles. The van der Waals surface area contributed by atoms with E-state index in [0.29, 0.717) is 11.5 Å². The number of rotatable bonds is 7. The molecule has 0 aliphatic carbocycles. The Kier molecular flexibility index (Phi) is 10.3. The third kappa shape index (κ3) is 7.30. The summed E-state index contributed by atoms with van der Waals surface area (Å²) in [7, 11) is 0. The van der Waals surface area contributed by atoms with Crippen LogP contribution in [0.15, 0.2) is 188 Å². The number of fused-ring (bicyclic) bond motifs is 5. The van der Waals surface area contributed by atoms with Crippen LogP contribution in [-0.4, -0.2) is 21.2 Å². The summed E-state index contributed by atoms with van der Waals surface area (Å²) in [6.07, 6.45) is 10.7. The van der Waals surface area contributed by atoms with Crippen LogP contribution in [0, 0.1) is 25.7 Å². The first-order valence-electron chi connectivity index (χ1n) is 21.1. The molecule has 310 valence electrons. The van der Waals surface area contributed by atoms with Crippen molar-refractivity contribution in [2.24, 2.45) is 0 Å². The Morgan fingerprint density at radius 2 is 1.40 bits per heavy atom. The number of aryl methyl sites for hydroxylation is 1. The smallest absolute Gasteiger partial charge is 0.335 e. The number of ether oxygens (including phenoxy) is 1. The molecule has 11 rings (SSSR count). The van der Waals surface area contributed by atoms with Gasteiger partial charge in [-0.05, 0) is 106 Å². The first-order chi connectivity index (χ1) is 30.3. The topological polar surface area (TPSA) is 36.8 Å². The van der Waals surface area contributed by atoms with Crippen molar-refractivity contribution < 1.29 is 25.8 Å². The van der Waals surface area contributed by atoms with Gasteiger partial charge in [-0.2, -0.15) is 12.1 Å². The molecular formula is C55H43BN5OPt-3. The van der Waals surface area contributed by atoms with Gasteiger partial charge in [0.25, 0.3) is 0 Å². The number of hydrogen-bond acceptors (Lipinski definition) is 5. The molecule has 0 unspecified atom stereocenters. The van der Waals surface area contributed by atoms with Crippen LogP contribution in [0.25, 0.3) is 38.8 Å². The fourth-order valence-electron chi connectivity index (χ4n) is 8.84. The van der Waals surface area contributed by atoms with Gasteiger partial charge in [-0.25, -0.2) is 4.98 Å². The summed E-state index contributed by atoms with van der Waals surface area (Å²) < 4.78 is 8.84. The van der Waals surface area contributed by atoms with Crippen LogP contribution in [0.2, 0.25) is 0 Å². The van der Waals surface area contributed by atoms with Crippen molar-refractivity contribution in [2.45, 2.75) is 33.1 Å². The van der Waals surface area contributed by atoms with Gasteiger partial charge in [0.2, 0.25) is 0 Å². The van der Waals surface area contributed by atoms with E-state index in [4.69, 9.17) is 9.72 Å². The van der Waals surface area contributed by atoms with Crippen molar-refractivity contribution in [3.05, 3.63) is 229 Å². The van der Waals surface area contributed by atoms with E-state index in [1.165, 1.54) is 27.8 Å². The number of allylic oxidation sites excluding steroid dienone is 4. The van der Waals surface area contributed by atoms with Gasteiger partial charge in [-0.1, -0.05) is 123 Å². The Hall–Kier alpha value is -6.82. The summed E-state index contributed by atoms with van der Waals surface area (Å²) >= 11 is 0. The fourth-order valence-corrected chi connectivity index (χ4v) is 8.84. The number of anilines is 3. The SMILES string of the molecule is Cc1ccc(C2=CB3C(N4[CH-]N(c5[c-]c(Oc6[c-]c7c(cc6)c6ccccc6n7-c6cc(C(C)(C)C)ccn6)ccc5)c5ccccc54)=C(c4ccccc4)C=CN3C=C2)cc1.[Pt]. The quantitative estimate of drug-likeness (QED) is 0.117. The zero-order valence-electron chi connectivity index (χ0n) is 35.4. The molecule has 0 N–H and O–H groups in total. The molecule has 8 heteroatoms. The molecule has 0 atom stereocenters. The number of aromatic nitrogens is 2. The van der Waals surface area contributed by atoms with Crippen molar-refractivity contribution in [2.75, 3.05) is 9.80 Å². The Bertz CT molecular complexity index is 3160. The molecule has 3 aliphatic rings. The molecule has 8 aromatic rings. The van der Waals surface area contributed by atoms with Crippen molar-refractivity contribution in [1.82, 2.24) is 14.4 Å². The van der Waals surface area contributed by atoms with Crippen LogP contribution < -0.4 is 14.5 Å². The molecule has 63 heavy (non-hydrogen) atoms. The van der Waals surface area contributed by atoms with Gasteiger partial charge in [0.15, 0.2) is 0 Å². The fraction of sp³-hybridized carbons (Fsp3) is 0.0909. The average molecular weight is 996 g/mol. The van der Waals surface area contributed by atoms with Crippen LogP contribution in [0.4, 0.5) is 17.1 Å². The molecular weight excluding hydrogens is 953 g/mol. The van der Waals surface area contributed by atoms with Gasteiger partial charge in [0, 0.05) is 55.7 Å². The summed E-state index contributed by atoms with van der Waals surface area (Å²) in [5, 5.41) is 2.23. The van der Waals surface area contributed by atoms with Gasteiger partial charge < -0.3 is 23.9 Å². The summed E-state index contributed by atoms with van der Waals surface area (Å²) in [4.78, 5) is 11.7. The Balaban J connectivity index is 0.00000471. The zero-order chi connectivity index (χ0) is 42.0. The normalized spacial score (nSPS) is 14.6. The van der Waals surface area contributed by atoms with Gasteiger partial charge in [0.05, 0.1) is 0 Å². The maximum absolute atomic E-state index is 6.65. The van der Waals surface area contributed by atoms with Crippen molar-refractivity contribution in [3.8, 4) is 17.3 Å². The number of para-hydroxylation sites is 3. The van der Waals surface area contributed by atoms with E-state index in [1.807, 2.05) is 24.4 Å². The number of nitrogens with zero attached hydrogens (tertiary/aromatic N) is 5. The van der Waals surface area contributed by atoms with Crippen LogP contribution in [0.1, 0.15) is 43.0 Å². The third-order valence-electron chi connectivity index (χ3n) is 12.0. The van der Waals surface area contributed by atoms with E-state index in [1.54, 1.807) is 0 Å². The molecule has 0 fully saturated rings. The van der Waals surface area contributed by atoms with E-state index in [9.17, 15) is 0 Å². The van der Waals surface area contributed by atoms with Crippen LogP contribution >= 0.6 is 0 Å². The standard InChI is InChI=1S/C55H43BN5O.Pt/c1-38-21-23-39(24-22-38)41-28-31-58-32-29-46(40-13-6-5-7-14-40)54(56(58)36-41)60-37-59(50-19-10-11-20-51(50)60)43-15-12-16-44(34-43)62-45-25-26-48-47-17-8-9-18-49(47)61(52(48)35-45)53-33-42(27-30-57-53)55(2,3)4;/h5-33,36-37H,1-4H3;/q-3;. The maximum Gasteiger partial charge on any atom is 0.335 e. The Morgan fingerprint density at radius 1 is 0.667 bits per heavy atom. The van der Waals surface area contributed by atoms with Crippen LogP contribution in [-0.2, 0) is 26.5 Å². The monoisotopic (exact) mass is 995 g/mol. The molecule has 0 radical (unpaired) electrons. The summed E-state index contributed by atoms with van der Waals surface area (Å²) in [6.45, 7) is 10.9. The molecule has 5 heterocycles. The molecule has 2 aromatic heterocycles. The van der Waals surface area contributed by atoms with E-state index in [-0.39, 0.29) is 33.3 Å². The predicted molar refractivity (Wildman–Crippen MR) is 255 cm³/mol. The van der Waals surface area contributed by atoms with Gasteiger partial charge in [-0.3, -0.25) is 0 Å². The molecule has 0 bridgehead atoms. The second kappa shape index (κ2) is 16.1. The van der Waals surface area contributed by atoms with E-state index in [2.05, 4.69) is 224 Å². The van der Waals surface area contributed by atoms with E-state index in [0.717, 1.165) is 55.8 Å². The van der Waals surface area contributed by atoms with Crippen molar-refractivity contribution in [1.29, 1.82) is 0 Å². The number of benzene rings is 6. The van der Waals surface area contributed by atoms with Gasteiger partial charge in [0.1, 0.15) is 5.82 Å². The van der Waals surface area contributed by atoms with Crippen molar-refractivity contribution in [3.63, 3.8) is 0 Å². The average Bonchev–Trinajstić information content (AvgIpc) is 3.85. The minimum Gasteiger partial charge on any atom is -0.509 e. The Labute approximate surface area is 384 Å². The van der Waals surface area contributed by atoms with Crippen LogP contribution in [0.5, 0.6) is 11.5 Å². The number of hydrogen-bond donors (Lipinski definition) is 0. The van der Waals surface area contributed by atoms with E-state index >= 15 is 0 Å². The molecule has 6 nitrogen and oxygen atoms in total. The predicted octanol–water partition coefficient (Wildman–Crippen LogP) is 13.2. The summed E-state index contributed by atoms with van der Waals surface area (Å²) in [5.41, 5.74) is 13.3. The first-order valence-corrected chi connectivity index (χ1v) is 21.1. The molecule has 3 aliphatic heterocycles. The Morgan fingerprint density at radius 3 is 2.21 bits per heavy atom. The maximum atomic E-state index is 6.65. The van der Waals surface area contributed by atoms with Crippen LogP contribution in [0.3, 0.4) is 0 Å². The zero-order valence-corrected chi connectivity index (χ0v) is 37.7.